The smallest absolute Gasteiger partial charge is 0.248 e. The Morgan fingerprint density at radius 1 is 0.800 bits per heavy atom. The van der Waals surface area contributed by atoms with Crippen molar-refractivity contribution in [2.75, 3.05) is 56.1 Å². The fraction of sp³-hybridized carbons (Fsp3) is 0.200. The van der Waals surface area contributed by atoms with E-state index in [0.717, 1.165) is 25.8 Å². The summed E-state index contributed by atoms with van der Waals surface area (Å²) >= 11 is 6.89. The third-order valence-corrected chi connectivity index (χ3v) is 7.07. The summed E-state index contributed by atoms with van der Waals surface area (Å²) in [6, 6.07) is 16.6. The van der Waals surface area contributed by atoms with Gasteiger partial charge in [-0.2, -0.15) is 0 Å². The highest BCUT2D eigenvalue weighted by Crippen LogP contribution is 2.31. The maximum absolute atomic E-state index is 13.0. The van der Waals surface area contributed by atoms with Gasteiger partial charge >= 0.3 is 0 Å². The Kier molecular flexibility index (Phi) is 10.4. The molecular weight excluding hydrogens is 642 g/mol. The van der Waals surface area contributed by atoms with Crippen molar-refractivity contribution >= 4 is 72.9 Å². The number of carbonyl (C=O) groups is 2. The number of hydrogen-bond donors (Lipinski definition) is 2. The summed E-state index contributed by atoms with van der Waals surface area (Å²) in [5, 5.41) is 5.85. The molecule has 0 saturated carbocycles. The Labute approximate surface area is 250 Å². The lowest BCUT2D eigenvalue weighted by atomic mass is 10.1. The summed E-state index contributed by atoms with van der Waals surface area (Å²) in [6.07, 6.45) is 6.27. The minimum absolute atomic E-state index is 0.318. The Balaban J connectivity index is 1.54. The third kappa shape index (κ3) is 7.97. The molecule has 1 saturated heterocycles. The van der Waals surface area contributed by atoms with Crippen LogP contribution in [0.25, 0.3) is 12.2 Å². The summed E-state index contributed by atoms with van der Waals surface area (Å²) in [5.41, 5.74) is 3.48. The molecule has 1 heterocycles. The van der Waals surface area contributed by atoms with Crippen molar-refractivity contribution in [3.05, 3.63) is 86.8 Å². The quantitative estimate of drug-likeness (QED) is 0.257. The van der Waals surface area contributed by atoms with Crippen LogP contribution in [-0.4, -0.2) is 52.3 Å². The lowest BCUT2D eigenvalue weighted by molar-refractivity contribution is -0.112. The van der Waals surface area contributed by atoms with E-state index in [1.54, 1.807) is 32.4 Å². The summed E-state index contributed by atoms with van der Waals surface area (Å²) in [6.45, 7) is 2.57. The van der Waals surface area contributed by atoms with Gasteiger partial charge in [0.25, 0.3) is 0 Å². The average Bonchev–Trinajstić information content (AvgIpc) is 2.96. The van der Waals surface area contributed by atoms with Gasteiger partial charge in [0.1, 0.15) is 11.5 Å². The molecule has 0 unspecified atom stereocenters. The molecule has 3 aromatic rings. The minimum atomic E-state index is -0.319. The first kappa shape index (κ1) is 29.4. The first-order valence-corrected chi connectivity index (χ1v) is 14.1. The molecule has 0 radical (unpaired) electrons. The van der Waals surface area contributed by atoms with Crippen molar-refractivity contribution in [3.63, 3.8) is 0 Å². The normalized spacial score (nSPS) is 13.4. The first-order valence-electron chi connectivity index (χ1n) is 12.5. The van der Waals surface area contributed by atoms with Crippen molar-refractivity contribution in [2.24, 2.45) is 0 Å². The maximum atomic E-state index is 13.0. The van der Waals surface area contributed by atoms with Gasteiger partial charge in [-0.3, -0.25) is 9.59 Å². The fourth-order valence-corrected chi connectivity index (χ4v) is 4.91. The van der Waals surface area contributed by atoms with E-state index in [2.05, 4.69) is 47.4 Å². The Morgan fingerprint density at radius 2 is 1.35 bits per heavy atom. The second-order valence-corrected chi connectivity index (χ2v) is 10.6. The molecule has 2 amide bonds. The van der Waals surface area contributed by atoms with E-state index in [0.29, 0.717) is 49.2 Å². The number of amides is 2. The van der Waals surface area contributed by atoms with E-state index in [9.17, 15) is 9.59 Å². The first-order chi connectivity index (χ1) is 19.4. The topological polar surface area (TPSA) is 89.1 Å². The van der Waals surface area contributed by atoms with Gasteiger partial charge in [-0.15, -0.1) is 0 Å². The van der Waals surface area contributed by atoms with Crippen LogP contribution in [0.1, 0.15) is 11.1 Å². The molecule has 4 rings (SSSR count). The van der Waals surface area contributed by atoms with E-state index in [-0.39, 0.29) is 11.8 Å². The van der Waals surface area contributed by atoms with Gasteiger partial charge in [-0.05, 0) is 66.7 Å². The van der Waals surface area contributed by atoms with Crippen LogP contribution in [0.3, 0.4) is 0 Å². The van der Waals surface area contributed by atoms with E-state index in [4.69, 9.17) is 14.2 Å². The number of methoxy groups -OCH3 is 2. The Bertz CT molecular complexity index is 1430. The van der Waals surface area contributed by atoms with E-state index < -0.39 is 0 Å². The van der Waals surface area contributed by atoms with E-state index in [1.165, 1.54) is 12.2 Å². The number of anilines is 3. The Hall–Kier alpha value is -3.60. The van der Waals surface area contributed by atoms with E-state index in [1.807, 2.05) is 48.5 Å². The lowest BCUT2D eigenvalue weighted by Crippen LogP contribution is -2.36. The van der Waals surface area contributed by atoms with Crippen LogP contribution in [0.5, 0.6) is 11.5 Å². The molecule has 10 heteroatoms. The molecule has 1 fully saturated rings. The molecule has 1 aliphatic rings. The number of benzene rings is 3. The zero-order valence-corrected chi connectivity index (χ0v) is 25.3. The number of morpholine rings is 1. The number of nitrogens with one attached hydrogen (secondary N) is 2. The molecular formula is C30H29Br2N3O5. The lowest BCUT2D eigenvalue weighted by Gasteiger charge is -2.30. The largest absolute Gasteiger partial charge is 0.496 e. The molecule has 0 atom stereocenters. The monoisotopic (exact) mass is 669 g/mol. The highest BCUT2D eigenvalue weighted by atomic mass is 79.9. The second kappa shape index (κ2) is 14.2. The third-order valence-electron chi connectivity index (χ3n) is 6.09. The zero-order valence-electron chi connectivity index (χ0n) is 22.1. The number of halogens is 2. The van der Waals surface area contributed by atoms with Gasteiger partial charge in [-0.25, -0.2) is 0 Å². The van der Waals surface area contributed by atoms with Crippen molar-refractivity contribution in [3.8, 4) is 11.5 Å². The number of nitrogens with zero attached hydrogens (tertiary/aromatic N) is 1. The summed E-state index contributed by atoms with van der Waals surface area (Å²) in [7, 11) is 3.16. The van der Waals surface area contributed by atoms with Crippen molar-refractivity contribution in [1.29, 1.82) is 0 Å². The SMILES string of the molecule is COc1ccc(Br)cc1/C=C/C(=O)Nc1ccc(N2CCOCC2)c(NC(=O)/C=C/c2cc(Br)ccc2OC)c1. The highest BCUT2D eigenvalue weighted by molar-refractivity contribution is 9.10. The average molecular weight is 671 g/mol. The van der Waals surface area contributed by atoms with Gasteiger partial charge < -0.3 is 29.7 Å². The van der Waals surface area contributed by atoms with Gasteiger partial charge in [0.05, 0.1) is 38.8 Å². The molecule has 0 bridgehead atoms. The van der Waals surface area contributed by atoms with Crippen LogP contribution in [0, 0.1) is 0 Å². The van der Waals surface area contributed by atoms with Crippen LogP contribution < -0.4 is 25.0 Å². The van der Waals surface area contributed by atoms with Crippen LogP contribution in [-0.2, 0) is 14.3 Å². The van der Waals surface area contributed by atoms with Gasteiger partial charge in [0, 0.05) is 51.0 Å². The Morgan fingerprint density at radius 3 is 1.90 bits per heavy atom. The summed E-state index contributed by atoms with van der Waals surface area (Å²) < 4.78 is 18.0. The van der Waals surface area contributed by atoms with Gasteiger partial charge in [0.15, 0.2) is 0 Å². The molecule has 0 spiro atoms. The zero-order chi connectivity index (χ0) is 28.5. The van der Waals surface area contributed by atoms with Gasteiger partial charge in [0.2, 0.25) is 11.8 Å². The standard InChI is InChI=1S/C30H29Br2N3O5/c1-38-27-9-5-22(31)17-20(27)3-11-29(36)33-24-7-8-26(35-13-15-40-16-14-35)25(19-24)34-30(37)12-4-21-18-23(32)6-10-28(21)39-2/h3-12,17-19H,13-16H2,1-2H3,(H,33,36)(H,34,37)/b11-3+,12-4+. The van der Waals surface area contributed by atoms with Crippen LogP contribution in [0.4, 0.5) is 17.1 Å². The fourth-order valence-electron chi connectivity index (χ4n) is 4.15. The molecule has 208 valence electrons. The minimum Gasteiger partial charge on any atom is -0.496 e. The molecule has 0 aromatic heterocycles. The number of hydrogen-bond acceptors (Lipinski definition) is 6. The van der Waals surface area contributed by atoms with Crippen LogP contribution in [0.15, 0.2) is 75.7 Å². The van der Waals surface area contributed by atoms with Crippen molar-refractivity contribution in [1.82, 2.24) is 0 Å². The number of ether oxygens (including phenoxy) is 3. The predicted octanol–water partition coefficient (Wildman–Crippen LogP) is 6.37. The van der Waals surface area contributed by atoms with Crippen molar-refractivity contribution < 1.29 is 23.8 Å². The maximum Gasteiger partial charge on any atom is 0.248 e. The predicted molar refractivity (Wildman–Crippen MR) is 166 cm³/mol. The van der Waals surface area contributed by atoms with Gasteiger partial charge in [-0.1, -0.05) is 31.9 Å². The number of carbonyl (C=O) groups excluding carboxylic acids is 2. The molecule has 0 aliphatic carbocycles. The summed E-state index contributed by atoms with van der Waals surface area (Å²) in [4.78, 5) is 27.9. The molecule has 3 aromatic carbocycles. The second-order valence-electron chi connectivity index (χ2n) is 8.75. The molecule has 1 aliphatic heterocycles. The molecule has 2 N–H and O–H groups in total. The van der Waals surface area contributed by atoms with Crippen molar-refractivity contribution in [2.45, 2.75) is 0 Å². The van der Waals surface area contributed by atoms with E-state index >= 15 is 0 Å². The molecule has 40 heavy (non-hydrogen) atoms. The van der Waals surface area contributed by atoms with Crippen LogP contribution >= 0.6 is 31.9 Å². The molecule has 8 nitrogen and oxygen atoms in total. The number of rotatable bonds is 9. The van der Waals surface area contributed by atoms with Crippen LogP contribution in [0.2, 0.25) is 0 Å². The summed E-state index contributed by atoms with van der Waals surface area (Å²) in [5.74, 6) is 0.668. The highest BCUT2D eigenvalue weighted by Gasteiger charge is 2.17.